The molecule has 1 rings (SSSR count). The number of aromatic nitrogens is 1. The molecule has 1 aromatic heterocycles. The number of aliphatic hydroxyl groups excluding tert-OH is 1. The molecule has 0 radical (unpaired) electrons. The highest BCUT2D eigenvalue weighted by Gasteiger charge is 2.13. The summed E-state index contributed by atoms with van der Waals surface area (Å²) in [6, 6.07) is 2.84. The van der Waals surface area contributed by atoms with Crippen molar-refractivity contribution in [1.29, 1.82) is 0 Å². The van der Waals surface area contributed by atoms with Crippen LogP contribution in [0, 0.1) is 11.7 Å². The number of aliphatic hydroxyl groups is 1. The minimum absolute atomic E-state index is 0.160. The van der Waals surface area contributed by atoms with Crippen molar-refractivity contribution in [2.24, 2.45) is 5.92 Å². The highest BCUT2D eigenvalue weighted by molar-refractivity contribution is 5.09. The zero-order chi connectivity index (χ0) is 10.6. The predicted octanol–water partition coefficient (Wildman–Crippen LogP) is 2.69. The summed E-state index contributed by atoms with van der Waals surface area (Å²) in [5, 5.41) is 9.65. The fourth-order valence-electron chi connectivity index (χ4n) is 1.27. The van der Waals surface area contributed by atoms with Crippen molar-refractivity contribution in [2.75, 3.05) is 0 Å². The first-order valence-electron chi connectivity index (χ1n) is 4.89. The summed E-state index contributed by atoms with van der Waals surface area (Å²) in [4.78, 5) is 3.83. The second-order valence-electron chi connectivity index (χ2n) is 3.86. The zero-order valence-corrected chi connectivity index (χ0v) is 8.57. The zero-order valence-electron chi connectivity index (χ0n) is 8.57. The average molecular weight is 197 g/mol. The largest absolute Gasteiger partial charge is 0.387 e. The summed E-state index contributed by atoms with van der Waals surface area (Å²) in [5.74, 6) is 0.0835. The molecule has 1 aromatic rings. The van der Waals surface area contributed by atoms with Crippen LogP contribution in [0.15, 0.2) is 18.3 Å². The van der Waals surface area contributed by atoms with Gasteiger partial charge in [-0.15, -0.1) is 0 Å². The van der Waals surface area contributed by atoms with E-state index in [1.54, 1.807) is 0 Å². The third-order valence-corrected chi connectivity index (χ3v) is 2.12. The first kappa shape index (κ1) is 11.1. The van der Waals surface area contributed by atoms with Gasteiger partial charge in [0.15, 0.2) is 0 Å². The maximum atomic E-state index is 13.1. The summed E-state index contributed by atoms with van der Waals surface area (Å²) in [5.41, 5.74) is 0.160. The maximum Gasteiger partial charge on any atom is 0.147 e. The molecule has 0 spiro atoms. The quantitative estimate of drug-likeness (QED) is 0.805. The molecule has 14 heavy (non-hydrogen) atoms. The van der Waals surface area contributed by atoms with E-state index >= 15 is 0 Å². The Balaban J connectivity index is 2.60. The Bertz CT molecular complexity index is 288. The van der Waals surface area contributed by atoms with Crippen molar-refractivity contribution in [2.45, 2.75) is 32.8 Å². The molecule has 1 N–H and O–H groups in total. The molecule has 0 fully saturated rings. The molecule has 1 unspecified atom stereocenters. The Morgan fingerprint density at radius 1 is 1.43 bits per heavy atom. The van der Waals surface area contributed by atoms with Gasteiger partial charge in [0.05, 0.1) is 6.10 Å². The molecular formula is C11H16FNO. The van der Waals surface area contributed by atoms with Crippen LogP contribution in [0.3, 0.4) is 0 Å². The molecule has 1 heterocycles. The second kappa shape index (κ2) is 5.05. The van der Waals surface area contributed by atoms with Crippen molar-refractivity contribution in [1.82, 2.24) is 4.98 Å². The molecule has 2 nitrogen and oxygen atoms in total. The van der Waals surface area contributed by atoms with E-state index in [1.807, 2.05) is 0 Å². The second-order valence-corrected chi connectivity index (χ2v) is 3.86. The van der Waals surface area contributed by atoms with E-state index in [0.29, 0.717) is 12.3 Å². The summed E-state index contributed by atoms with van der Waals surface area (Å²) in [6.45, 7) is 4.14. The molecule has 0 aliphatic rings. The monoisotopic (exact) mass is 197 g/mol. The van der Waals surface area contributed by atoms with Gasteiger partial charge in [-0.3, -0.25) is 4.98 Å². The lowest BCUT2D eigenvalue weighted by molar-refractivity contribution is 0.150. The first-order valence-corrected chi connectivity index (χ1v) is 4.89. The summed E-state index contributed by atoms with van der Waals surface area (Å²) < 4.78 is 13.1. The fourth-order valence-corrected chi connectivity index (χ4v) is 1.27. The van der Waals surface area contributed by atoms with Crippen molar-refractivity contribution < 1.29 is 9.50 Å². The number of hydrogen-bond donors (Lipinski definition) is 1. The van der Waals surface area contributed by atoms with E-state index in [2.05, 4.69) is 18.8 Å². The highest BCUT2D eigenvalue weighted by atomic mass is 19.1. The van der Waals surface area contributed by atoms with Crippen LogP contribution in [-0.2, 0) is 0 Å². The maximum absolute atomic E-state index is 13.1. The normalized spacial score (nSPS) is 13.2. The van der Waals surface area contributed by atoms with Gasteiger partial charge in [0, 0.05) is 6.20 Å². The van der Waals surface area contributed by atoms with E-state index in [1.165, 1.54) is 18.3 Å². The molecule has 0 aliphatic heterocycles. The van der Waals surface area contributed by atoms with Gasteiger partial charge in [-0.2, -0.15) is 0 Å². The van der Waals surface area contributed by atoms with Crippen LogP contribution in [0.25, 0.3) is 0 Å². The van der Waals surface area contributed by atoms with E-state index in [4.69, 9.17) is 0 Å². The minimum Gasteiger partial charge on any atom is -0.387 e. The lowest BCUT2D eigenvalue weighted by Crippen LogP contribution is -2.04. The molecule has 0 aromatic carbocycles. The van der Waals surface area contributed by atoms with Crippen molar-refractivity contribution in [3.63, 3.8) is 0 Å². The van der Waals surface area contributed by atoms with E-state index < -0.39 is 11.9 Å². The standard InChI is InChI=1S/C11H16FNO/c1-8(2)5-6-10(14)11-9(12)4-3-7-13-11/h3-4,7-8,10,14H,5-6H2,1-2H3. The molecule has 0 amide bonds. The van der Waals surface area contributed by atoms with Crippen LogP contribution < -0.4 is 0 Å². The SMILES string of the molecule is CC(C)CCC(O)c1ncccc1F. The molecule has 78 valence electrons. The Kier molecular flexibility index (Phi) is 4.01. The van der Waals surface area contributed by atoms with Crippen LogP contribution >= 0.6 is 0 Å². The van der Waals surface area contributed by atoms with Crippen molar-refractivity contribution >= 4 is 0 Å². The van der Waals surface area contributed by atoms with Gasteiger partial charge in [0.1, 0.15) is 11.5 Å². The third kappa shape index (κ3) is 3.07. The molecule has 1 atom stereocenters. The van der Waals surface area contributed by atoms with E-state index in [9.17, 15) is 9.50 Å². The van der Waals surface area contributed by atoms with Crippen LogP contribution in [0.4, 0.5) is 4.39 Å². The smallest absolute Gasteiger partial charge is 0.147 e. The Labute approximate surface area is 83.8 Å². The van der Waals surface area contributed by atoms with Crippen molar-refractivity contribution in [3.8, 4) is 0 Å². The van der Waals surface area contributed by atoms with Crippen molar-refractivity contribution in [3.05, 3.63) is 29.8 Å². The lowest BCUT2D eigenvalue weighted by Gasteiger charge is -2.11. The van der Waals surface area contributed by atoms with Gasteiger partial charge in [0.25, 0.3) is 0 Å². The lowest BCUT2D eigenvalue weighted by atomic mass is 10.0. The van der Waals surface area contributed by atoms with E-state index in [0.717, 1.165) is 6.42 Å². The van der Waals surface area contributed by atoms with Gasteiger partial charge in [-0.1, -0.05) is 13.8 Å². The molecule has 0 saturated heterocycles. The summed E-state index contributed by atoms with van der Waals surface area (Å²) >= 11 is 0. The summed E-state index contributed by atoms with van der Waals surface area (Å²) in [7, 11) is 0. The number of hydrogen-bond acceptors (Lipinski definition) is 2. The topological polar surface area (TPSA) is 33.1 Å². The van der Waals surface area contributed by atoms with Gasteiger partial charge < -0.3 is 5.11 Å². The van der Waals surface area contributed by atoms with Crippen LogP contribution in [0.1, 0.15) is 38.5 Å². The first-order chi connectivity index (χ1) is 6.61. The Hall–Kier alpha value is -0.960. The third-order valence-electron chi connectivity index (χ3n) is 2.12. The van der Waals surface area contributed by atoms with Gasteiger partial charge in [-0.05, 0) is 30.9 Å². The van der Waals surface area contributed by atoms with Crippen LogP contribution in [-0.4, -0.2) is 10.1 Å². The van der Waals surface area contributed by atoms with Crippen LogP contribution in [0.5, 0.6) is 0 Å². The molecule has 0 aliphatic carbocycles. The Morgan fingerprint density at radius 3 is 2.71 bits per heavy atom. The number of pyridine rings is 1. The van der Waals surface area contributed by atoms with E-state index in [-0.39, 0.29) is 5.69 Å². The van der Waals surface area contributed by atoms with Gasteiger partial charge in [-0.25, -0.2) is 4.39 Å². The fraction of sp³-hybridized carbons (Fsp3) is 0.545. The molecule has 0 saturated carbocycles. The number of nitrogens with zero attached hydrogens (tertiary/aromatic N) is 1. The Morgan fingerprint density at radius 2 is 2.14 bits per heavy atom. The average Bonchev–Trinajstić information content (AvgIpc) is 2.15. The number of rotatable bonds is 4. The highest BCUT2D eigenvalue weighted by Crippen LogP contribution is 2.20. The van der Waals surface area contributed by atoms with Crippen LogP contribution in [0.2, 0.25) is 0 Å². The molecular weight excluding hydrogens is 181 g/mol. The minimum atomic E-state index is -0.779. The van der Waals surface area contributed by atoms with Gasteiger partial charge in [0.2, 0.25) is 0 Å². The van der Waals surface area contributed by atoms with Gasteiger partial charge >= 0.3 is 0 Å². The summed E-state index contributed by atoms with van der Waals surface area (Å²) in [6.07, 6.45) is 2.15. The predicted molar refractivity (Wildman–Crippen MR) is 53.2 cm³/mol. The molecule has 0 bridgehead atoms. The number of halogens is 1. The molecule has 3 heteroatoms.